The molecule has 0 spiro atoms. The van der Waals surface area contributed by atoms with Crippen molar-refractivity contribution in [2.75, 3.05) is 6.61 Å². The number of carbonyl (C=O) groups is 1. The first-order valence-corrected chi connectivity index (χ1v) is 7.97. The predicted octanol–water partition coefficient (Wildman–Crippen LogP) is 4.36. The van der Waals surface area contributed by atoms with Gasteiger partial charge in [0.2, 0.25) is 0 Å². The van der Waals surface area contributed by atoms with Crippen LogP contribution in [0, 0.1) is 0 Å². The number of amides is 1. The SMILES string of the molecule is CC(C)NC(=O)COc1ccc(C=Nc2cccc(C(F)(F)F)c2)cc1. The largest absolute Gasteiger partial charge is 0.484 e. The van der Waals surface area contributed by atoms with Gasteiger partial charge < -0.3 is 10.1 Å². The van der Waals surface area contributed by atoms with Gasteiger partial charge in [-0.1, -0.05) is 6.07 Å². The van der Waals surface area contributed by atoms with Crippen LogP contribution in [0.15, 0.2) is 53.5 Å². The first-order valence-electron chi connectivity index (χ1n) is 7.97. The third kappa shape index (κ3) is 6.23. The molecule has 0 fully saturated rings. The van der Waals surface area contributed by atoms with Crippen LogP contribution in [-0.4, -0.2) is 24.8 Å². The van der Waals surface area contributed by atoms with E-state index in [1.165, 1.54) is 18.3 Å². The van der Waals surface area contributed by atoms with E-state index in [0.29, 0.717) is 11.3 Å². The molecule has 138 valence electrons. The Kier molecular flexibility index (Phi) is 6.38. The Hall–Kier alpha value is -2.83. The second-order valence-corrected chi connectivity index (χ2v) is 5.89. The maximum Gasteiger partial charge on any atom is 0.416 e. The molecule has 0 aromatic heterocycles. The van der Waals surface area contributed by atoms with Crippen LogP contribution >= 0.6 is 0 Å². The van der Waals surface area contributed by atoms with E-state index in [0.717, 1.165) is 12.1 Å². The van der Waals surface area contributed by atoms with Gasteiger partial charge in [-0.15, -0.1) is 0 Å². The molecular weight excluding hydrogens is 345 g/mol. The van der Waals surface area contributed by atoms with E-state index in [-0.39, 0.29) is 24.2 Å². The number of hydrogen-bond acceptors (Lipinski definition) is 3. The first-order chi connectivity index (χ1) is 12.2. The number of benzene rings is 2. The molecule has 0 unspecified atom stereocenters. The minimum Gasteiger partial charge on any atom is -0.484 e. The number of ether oxygens (including phenoxy) is 1. The van der Waals surface area contributed by atoms with Crippen LogP contribution < -0.4 is 10.1 Å². The Morgan fingerprint density at radius 1 is 1.19 bits per heavy atom. The maximum absolute atomic E-state index is 12.7. The Bertz CT molecular complexity index is 769. The van der Waals surface area contributed by atoms with E-state index in [2.05, 4.69) is 10.3 Å². The highest BCUT2D eigenvalue weighted by molar-refractivity contribution is 5.82. The summed E-state index contributed by atoms with van der Waals surface area (Å²) in [4.78, 5) is 15.6. The second-order valence-electron chi connectivity index (χ2n) is 5.89. The van der Waals surface area contributed by atoms with E-state index in [1.54, 1.807) is 24.3 Å². The van der Waals surface area contributed by atoms with Crippen LogP contribution in [-0.2, 0) is 11.0 Å². The topological polar surface area (TPSA) is 50.7 Å². The van der Waals surface area contributed by atoms with Gasteiger partial charge in [-0.3, -0.25) is 9.79 Å². The van der Waals surface area contributed by atoms with Crippen LogP contribution in [0.5, 0.6) is 5.75 Å². The number of halogens is 3. The number of aliphatic imine (C=N–C) groups is 1. The summed E-state index contributed by atoms with van der Waals surface area (Å²) in [5.74, 6) is 0.301. The molecule has 0 aliphatic heterocycles. The van der Waals surface area contributed by atoms with E-state index >= 15 is 0 Å². The minimum absolute atomic E-state index is 0.0422. The van der Waals surface area contributed by atoms with Crippen LogP contribution in [0.3, 0.4) is 0 Å². The van der Waals surface area contributed by atoms with Crippen molar-refractivity contribution in [1.29, 1.82) is 0 Å². The second kappa shape index (κ2) is 8.51. The minimum atomic E-state index is -4.40. The van der Waals surface area contributed by atoms with E-state index in [4.69, 9.17) is 4.74 Å². The summed E-state index contributed by atoms with van der Waals surface area (Å²) in [5, 5.41) is 2.71. The molecule has 26 heavy (non-hydrogen) atoms. The molecule has 0 saturated heterocycles. The number of rotatable bonds is 6. The molecule has 2 aromatic rings. The van der Waals surface area contributed by atoms with Gasteiger partial charge in [-0.25, -0.2) is 0 Å². The number of carbonyl (C=O) groups excluding carboxylic acids is 1. The summed E-state index contributed by atoms with van der Waals surface area (Å²) in [7, 11) is 0. The van der Waals surface area contributed by atoms with Crippen molar-refractivity contribution >= 4 is 17.8 Å². The van der Waals surface area contributed by atoms with Crippen LogP contribution in [0.25, 0.3) is 0 Å². The number of nitrogens with zero attached hydrogens (tertiary/aromatic N) is 1. The van der Waals surface area contributed by atoms with Gasteiger partial charge in [0.05, 0.1) is 11.3 Å². The fourth-order valence-corrected chi connectivity index (χ4v) is 2.07. The lowest BCUT2D eigenvalue weighted by Crippen LogP contribution is -2.34. The third-order valence-electron chi connectivity index (χ3n) is 3.24. The average Bonchev–Trinajstić information content (AvgIpc) is 2.58. The fourth-order valence-electron chi connectivity index (χ4n) is 2.07. The highest BCUT2D eigenvalue weighted by Crippen LogP contribution is 2.31. The highest BCUT2D eigenvalue weighted by atomic mass is 19.4. The Labute approximate surface area is 149 Å². The molecule has 0 aliphatic rings. The summed E-state index contributed by atoms with van der Waals surface area (Å²) >= 11 is 0. The van der Waals surface area contributed by atoms with Crippen LogP contribution in [0.2, 0.25) is 0 Å². The van der Waals surface area contributed by atoms with Gasteiger partial charge >= 0.3 is 6.18 Å². The van der Waals surface area contributed by atoms with Crippen molar-refractivity contribution in [2.24, 2.45) is 4.99 Å². The lowest BCUT2D eigenvalue weighted by atomic mass is 10.2. The van der Waals surface area contributed by atoms with Gasteiger partial charge in [0.25, 0.3) is 5.91 Å². The van der Waals surface area contributed by atoms with E-state index < -0.39 is 11.7 Å². The molecule has 1 amide bonds. The van der Waals surface area contributed by atoms with Crippen LogP contribution in [0.1, 0.15) is 25.0 Å². The Balaban J connectivity index is 1.97. The normalized spacial score (nSPS) is 11.8. The summed E-state index contributed by atoms with van der Waals surface area (Å²) < 4.78 is 43.4. The monoisotopic (exact) mass is 364 g/mol. The van der Waals surface area contributed by atoms with Crippen molar-refractivity contribution < 1.29 is 22.7 Å². The van der Waals surface area contributed by atoms with Crippen molar-refractivity contribution in [2.45, 2.75) is 26.1 Å². The standard InChI is InChI=1S/C19H19F3N2O2/c1-13(2)24-18(25)12-26-17-8-6-14(7-9-17)11-23-16-5-3-4-15(10-16)19(20,21)22/h3-11,13H,12H2,1-2H3,(H,24,25). The van der Waals surface area contributed by atoms with Crippen molar-refractivity contribution in [3.8, 4) is 5.75 Å². The third-order valence-corrected chi connectivity index (χ3v) is 3.24. The summed E-state index contributed by atoms with van der Waals surface area (Å²) in [6.07, 6.45) is -2.93. The predicted molar refractivity (Wildman–Crippen MR) is 93.9 cm³/mol. The molecule has 1 N–H and O–H groups in total. The molecule has 7 heteroatoms. The summed E-state index contributed by atoms with van der Waals surface area (Å²) in [5.41, 5.74) is 0.169. The van der Waals surface area contributed by atoms with E-state index in [1.807, 2.05) is 13.8 Å². The zero-order chi connectivity index (χ0) is 19.2. The first kappa shape index (κ1) is 19.5. The highest BCUT2D eigenvalue weighted by Gasteiger charge is 2.30. The Morgan fingerprint density at radius 3 is 2.50 bits per heavy atom. The fraction of sp³-hybridized carbons (Fsp3) is 0.263. The van der Waals surface area contributed by atoms with Crippen molar-refractivity contribution in [1.82, 2.24) is 5.32 Å². The van der Waals surface area contributed by atoms with Gasteiger partial charge in [-0.05, 0) is 61.9 Å². The van der Waals surface area contributed by atoms with Gasteiger partial charge in [-0.2, -0.15) is 13.2 Å². The van der Waals surface area contributed by atoms with Crippen LogP contribution in [0.4, 0.5) is 18.9 Å². The molecule has 0 bridgehead atoms. The maximum atomic E-state index is 12.7. The van der Waals surface area contributed by atoms with Gasteiger partial charge in [0, 0.05) is 12.3 Å². The molecule has 0 radical (unpaired) electrons. The molecule has 0 aliphatic carbocycles. The number of hydrogen-bond donors (Lipinski definition) is 1. The number of alkyl halides is 3. The smallest absolute Gasteiger partial charge is 0.416 e. The summed E-state index contributed by atoms with van der Waals surface area (Å²) in [6.45, 7) is 3.63. The quantitative estimate of drug-likeness (QED) is 0.775. The van der Waals surface area contributed by atoms with Crippen molar-refractivity contribution in [3.05, 3.63) is 59.7 Å². The molecule has 0 atom stereocenters. The lowest BCUT2D eigenvalue weighted by molar-refractivity contribution is -0.137. The number of nitrogens with one attached hydrogen (secondary N) is 1. The molecule has 0 heterocycles. The summed E-state index contributed by atoms with van der Waals surface area (Å²) in [6, 6.07) is 11.6. The molecule has 2 aromatic carbocycles. The molecule has 4 nitrogen and oxygen atoms in total. The van der Waals surface area contributed by atoms with Gasteiger partial charge in [0.15, 0.2) is 6.61 Å². The van der Waals surface area contributed by atoms with Gasteiger partial charge in [0.1, 0.15) is 5.75 Å². The van der Waals surface area contributed by atoms with Crippen molar-refractivity contribution in [3.63, 3.8) is 0 Å². The molecular formula is C19H19F3N2O2. The molecule has 2 rings (SSSR count). The average molecular weight is 364 g/mol. The molecule has 0 saturated carbocycles. The lowest BCUT2D eigenvalue weighted by Gasteiger charge is -2.09. The zero-order valence-corrected chi connectivity index (χ0v) is 14.4. The zero-order valence-electron chi connectivity index (χ0n) is 14.4. The van der Waals surface area contributed by atoms with E-state index in [9.17, 15) is 18.0 Å². The Morgan fingerprint density at radius 2 is 1.88 bits per heavy atom.